The van der Waals surface area contributed by atoms with E-state index in [1.165, 1.54) is 0 Å². The number of hydrogen-bond donors (Lipinski definition) is 0. The number of hydrogen-bond acceptors (Lipinski definition) is 3. The second-order valence-electron chi connectivity index (χ2n) is 5.38. The Kier molecular flexibility index (Phi) is 3.71. The van der Waals surface area contributed by atoms with Gasteiger partial charge in [-0.05, 0) is 40.0 Å². The molecule has 1 saturated heterocycles. The van der Waals surface area contributed by atoms with Crippen LogP contribution in [0.2, 0.25) is 0 Å². The summed E-state index contributed by atoms with van der Waals surface area (Å²) in [5, 5.41) is 0. The van der Waals surface area contributed by atoms with Gasteiger partial charge in [-0.2, -0.15) is 0 Å². The van der Waals surface area contributed by atoms with Crippen LogP contribution in [-0.2, 0) is 0 Å². The van der Waals surface area contributed by atoms with Gasteiger partial charge in [0.1, 0.15) is 0 Å². The number of benzene rings is 1. The van der Waals surface area contributed by atoms with Crippen molar-refractivity contribution in [3.05, 3.63) is 29.8 Å². The number of nitrogens with zero attached hydrogens (tertiary/aromatic N) is 2. The highest BCUT2D eigenvalue weighted by Gasteiger charge is 2.26. The van der Waals surface area contributed by atoms with Crippen LogP contribution in [0.15, 0.2) is 24.3 Å². The maximum Gasteiger partial charge on any atom is 0.159 e. The normalized spacial score (nSPS) is 25.2. The molecule has 1 aliphatic rings. The molecule has 0 aliphatic carbocycles. The van der Waals surface area contributed by atoms with Gasteiger partial charge in [-0.25, -0.2) is 0 Å². The van der Waals surface area contributed by atoms with Gasteiger partial charge in [-0.1, -0.05) is 12.1 Å². The Bertz CT molecular complexity index is 432. The van der Waals surface area contributed by atoms with Gasteiger partial charge in [0.05, 0.1) is 0 Å². The zero-order valence-corrected chi connectivity index (χ0v) is 11.7. The lowest BCUT2D eigenvalue weighted by Gasteiger charge is -2.43. The summed E-state index contributed by atoms with van der Waals surface area (Å²) >= 11 is 0. The summed E-state index contributed by atoms with van der Waals surface area (Å²) in [4.78, 5) is 16.2. The molecule has 3 heteroatoms. The predicted octanol–water partition coefficient (Wildman–Crippen LogP) is 2.42. The Labute approximate surface area is 109 Å². The van der Waals surface area contributed by atoms with Crippen molar-refractivity contribution in [1.82, 2.24) is 4.90 Å². The average Bonchev–Trinajstić information content (AvgIpc) is 2.35. The lowest BCUT2D eigenvalue weighted by Crippen LogP contribution is -2.55. The summed E-state index contributed by atoms with van der Waals surface area (Å²) in [6.45, 7) is 8.15. The summed E-state index contributed by atoms with van der Waals surface area (Å²) in [7, 11) is 2.18. The molecule has 0 bridgehead atoms. The SMILES string of the molecule is CC(=O)c1cccc(N2CC(C)N(C)C(C)C2)c1. The third-order valence-corrected chi connectivity index (χ3v) is 3.98. The molecule has 0 radical (unpaired) electrons. The van der Waals surface area contributed by atoms with Gasteiger partial charge in [0.2, 0.25) is 0 Å². The van der Waals surface area contributed by atoms with Crippen molar-refractivity contribution < 1.29 is 4.79 Å². The van der Waals surface area contributed by atoms with Crippen LogP contribution in [-0.4, -0.2) is 42.9 Å². The quantitative estimate of drug-likeness (QED) is 0.749. The zero-order chi connectivity index (χ0) is 13.3. The van der Waals surface area contributed by atoms with Crippen molar-refractivity contribution in [1.29, 1.82) is 0 Å². The minimum Gasteiger partial charge on any atom is -0.368 e. The third kappa shape index (κ3) is 2.56. The van der Waals surface area contributed by atoms with Crippen molar-refractivity contribution in [2.75, 3.05) is 25.0 Å². The van der Waals surface area contributed by atoms with E-state index in [0.29, 0.717) is 12.1 Å². The van der Waals surface area contributed by atoms with E-state index in [0.717, 1.165) is 24.3 Å². The van der Waals surface area contributed by atoms with Crippen LogP contribution in [0.4, 0.5) is 5.69 Å². The molecule has 1 fully saturated rings. The molecule has 1 aromatic rings. The fourth-order valence-corrected chi connectivity index (χ4v) is 2.54. The van der Waals surface area contributed by atoms with Crippen molar-refractivity contribution in [3.63, 3.8) is 0 Å². The van der Waals surface area contributed by atoms with E-state index in [1.807, 2.05) is 18.2 Å². The molecule has 0 spiro atoms. The molecule has 2 rings (SSSR count). The fourth-order valence-electron chi connectivity index (χ4n) is 2.54. The topological polar surface area (TPSA) is 23.6 Å². The number of carbonyl (C=O) groups is 1. The number of ketones is 1. The first-order valence-corrected chi connectivity index (χ1v) is 6.57. The molecule has 3 nitrogen and oxygen atoms in total. The maximum atomic E-state index is 11.4. The molecule has 0 saturated carbocycles. The van der Waals surface area contributed by atoms with Crippen molar-refractivity contribution in [2.45, 2.75) is 32.9 Å². The molecule has 1 aliphatic heterocycles. The molecule has 1 aromatic carbocycles. The highest BCUT2D eigenvalue weighted by Crippen LogP contribution is 2.22. The van der Waals surface area contributed by atoms with E-state index in [2.05, 4.69) is 36.8 Å². The van der Waals surface area contributed by atoms with Gasteiger partial charge in [-0.15, -0.1) is 0 Å². The first-order valence-electron chi connectivity index (χ1n) is 6.57. The molecular formula is C15H22N2O. The van der Waals surface area contributed by atoms with Gasteiger partial charge in [0.15, 0.2) is 5.78 Å². The van der Waals surface area contributed by atoms with E-state index in [4.69, 9.17) is 0 Å². The highest BCUT2D eigenvalue weighted by molar-refractivity contribution is 5.95. The standard InChI is InChI=1S/C15H22N2O/c1-11-9-17(10-12(2)16(11)4)15-7-5-6-14(8-15)13(3)18/h5-8,11-12H,9-10H2,1-4H3. The van der Waals surface area contributed by atoms with Gasteiger partial charge < -0.3 is 4.90 Å². The molecule has 0 N–H and O–H groups in total. The number of piperazine rings is 1. The summed E-state index contributed by atoms with van der Waals surface area (Å²) in [6, 6.07) is 9.03. The minimum atomic E-state index is 0.132. The largest absolute Gasteiger partial charge is 0.368 e. The van der Waals surface area contributed by atoms with Crippen LogP contribution in [0.1, 0.15) is 31.1 Å². The zero-order valence-electron chi connectivity index (χ0n) is 11.7. The van der Waals surface area contributed by atoms with Crippen LogP contribution in [0.25, 0.3) is 0 Å². The number of likely N-dealkylation sites (N-methyl/N-ethyl adjacent to an activating group) is 1. The van der Waals surface area contributed by atoms with Crippen molar-refractivity contribution >= 4 is 11.5 Å². The predicted molar refractivity (Wildman–Crippen MR) is 75.3 cm³/mol. The number of carbonyl (C=O) groups excluding carboxylic acids is 1. The Morgan fingerprint density at radius 2 is 1.83 bits per heavy atom. The molecule has 0 aromatic heterocycles. The lowest BCUT2D eigenvalue weighted by atomic mass is 10.1. The first-order chi connectivity index (χ1) is 8.49. The Morgan fingerprint density at radius 3 is 2.39 bits per heavy atom. The van der Waals surface area contributed by atoms with Crippen molar-refractivity contribution in [2.24, 2.45) is 0 Å². The van der Waals surface area contributed by atoms with E-state index in [9.17, 15) is 4.79 Å². The van der Waals surface area contributed by atoms with Gasteiger partial charge >= 0.3 is 0 Å². The van der Waals surface area contributed by atoms with Crippen LogP contribution >= 0.6 is 0 Å². The number of Topliss-reactive ketones (excluding diaryl/α,β-unsaturated/α-hetero) is 1. The lowest BCUT2D eigenvalue weighted by molar-refractivity contribution is 0.101. The Balaban J connectivity index is 2.21. The monoisotopic (exact) mass is 246 g/mol. The van der Waals surface area contributed by atoms with Crippen LogP contribution in [0.5, 0.6) is 0 Å². The Hall–Kier alpha value is -1.35. The molecule has 98 valence electrons. The smallest absolute Gasteiger partial charge is 0.159 e. The van der Waals surface area contributed by atoms with Gasteiger partial charge in [0, 0.05) is 36.4 Å². The molecule has 2 atom stereocenters. The summed E-state index contributed by atoms with van der Waals surface area (Å²) in [6.07, 6.45) is 0. The van der Waals surface area contributed by atoms with Gasteiger partial charge in [0.25, 0.3) is 0 Å². The molecule has 0 amide bonds. The highest BCUT2D eigenvalue weighted by atomic mass is 16.1. The molecular weight excluding hydrogens is 224 g/mol. The van der Waals surface area contributed by atoms with Crippen LogP contribution < -0.4 is 4.90 Å². The second-order valence-corrected chi connectivity index (χ2v) is 5.38. The van der Waals surface area contributed by atoms with E-state index in [1.54, 1.807) is 6.92 Å². The van der Waals surface area contributed by atoms with E-state index in [-0.39, 0.29) is 5.78 Å². The van der Waals surface area contributed by atoms with Gasteiger partial charge in [-0.3, -0.25) is 9.69 Å². The van der Waals surface area contributed by atoms with E-state index >= 15 is 0 Å². The average molecular weight is 246 g/mol. The van der Waals surface area contributed by atoms with E-state index < -0.39 is 0 Å². The molecule has 1 heterocycles. The first kappa shape index (κ1) is 13.1. The third-order valence-electron chi connectivity index (χ3n) is 3.98. The summed E-state index contributed by atoms with van der Waals surface area (Å²) in [5.41, 5.74) is 1.96. The van der Waals surface area contributed by atoms with Crippen LogP contribution in [0, 0.1) is 0 Å². The van der Waals surface area contributed by atoms with Crippen molar-refractivity contribution in [3.8, 4) is 0 Å². The summed E-state index contributed by atoms with van der Waals surface area (Å²) in [5.74, 6) is 0.132. The fraction of sp³-hybridized carbons (Fsp3) is 0.533. The second kappa shape index (κ2) is 5.11. The molecule has 2 unspecified atom stereocenters. The maximum absolute atomic E-state index is 11.4. The molecule has 18 heavy (non-hydrogen) atoms. The minimum absolute atomic E-state index is 0.132. The number of anilines is 1. The summed E-state index contributed by atoms with van der Waals surface area (Å²) < 4.78 is 0. The number of rotatable bonds is 2. The van der Waals surface area contributed by atoms with Crippen LogP contribution in [0.3, 0.4) is 0 Å². The Morgan fingerprint density at radius 1 is 1.22 bits per heavy atom.